The van der Waals surface area contributed by atoms with Crippen LogP contribution in [-0.2, 0) is 4.79 Å². The molecule has 0 bridgehead atoms. The van der Waals surface area contributed by atoms with Crippen molar-refractivity contribution in [1.29, 1.82) is 0 Å². The zero-order valence-corrected chi connectivity index (χ0v) is 13.0. The zero-order chi connectivity index (χ0) is 15.5. The summed E-state index contributed by atoms with van der Waals surface area (Å²) in [4.78, 5) is 35.5. The Morgan fingerprint density at radius 2 is 1.95 bits per heavy atom. The van der Waals surface area contributed by atoms with E-state index < -0.39 is 5.97 Å². The summed E-state index contributed by atoms with van der Waals surface area (Å²) in [5, 5.41) is 8.87. The predicted molar refractivity (Wildman–Crippen MR) is 83.3 cm³/mol. The van der Waals surface area contributed by atoms with E-state index in [1.54, 1.807) is 0 Å². The number of nitrogens with zero attached hydrogens (tertiary/aromatic N) is 4. The van der Waals surface area contributed by atoms with Gasteiger partial charge in [0.1, 0.15) is 11.9 Å². The number of thioether (sulfide) groups is 1. The van der Waals surface area contributed by atoms with Crippen molar-refractivity contribution in [3.05, 3.63) is 18.1 Å². The van der Waals surface area contributed by atoms with Crippen LogP contribution in [-0.4, -0.2) is 69.0 Å². The number of carbonyl (C=O) groups is 2. The van der Waals surface area contributed by atoms with E-state index in [0.717, 1.165) is 44.0 Å². The van der Waals surface area contributed by atoms with Crippen LogP contribution >= 0.6 is 11.8 Å². The van der Waals surface area contributed by atoms with Gasteiger partial charge >= 0.3 is 5.97 Å². The minimum Gasteiger partial charge on any atom is -0.476 e. The Bertz CT molecular complexity index is 560. The molecule has 2 fully saturated rings. The highest BCUT2D eigenvalue weighted by Gasteiger charge is 2.35. The first-order chi connectivity index (χ1) is 10.7. The largest absolute Gasteiger partial charge is 0.476 e. The molecule has 2 aliphatic heterocycles. The predicted octanol–water partition coefficient (Wildman–Crippen LogP) is 0.719. The summed E-state index contributed by atoms with van der Waals surface area (Å²) in [6, 6.07) is -0.201. The summed E-state index contributed by atoms with van der Waals surface area (Å²) >= 11 is 1.87. The summed E-state index contributed by atoms with van der Waals surface area (Å²) in [6.07, 6.45) is 4.43. The van der Waals surface area contributed by atoms with E-state index in [4.69, 9.17) is 5.11 Å². The molecule has 0 radical (unpaired) electrons. The number of carbonyl (C=O) groups excluding carboxylic acids is 1. The fraction of sp³-hybridized carbons (Fsp3) is 0.571. The Morgan fingerprint density at radius 3 is 2.59 bits per heavy atom. The van der Waals surface area contributed by atoms with Gasteiger partial charge in [0.2, 0.25) is 5.91 Å². The molecule has 2 aliphatic rings. The summed E-state index contributed by atoms with van der Waals surface area (Å²) in [5.41, 5.74) is -0.0844. The molecule has 0 saturated carbocycles. The quantitative estimate of drug-likeness (QED) is 0.877. The molecule has 0 spiro atoms. The van der Waals surface area contributed by atoms with E-state index >= 15 is 0 Å². The van der Waals surface area contributed by atoms with Crippen LogP contribution in [0.2, 0.25) is 0 Å². The van der Waals surface area contributed by atoms with E-state index in [9.17, 15) is 9.59 Å². The Balaban J connectivity index is 1.74. The average Bonchev–Trinajstić information content (AvgIpc) is 3.04. The molecule has 0 aliphatic carbocycles. The second kappa shape index (κ2) is 6.51. The van der Waals surface area contributed by atoms with Crippen LogP contribution in [0.15, 0.2) is 12.4 Å². The molecule has 118 valence electrons. The first-order valence-corrected chi connectivity index (χ1v) is 8.51. The summed E-state index contributed by atoms with van der Waals surface area (Å²) in [5.74, 6) is 1.62. The molecule has 1 aromatic rings. The van der Waals surface area contributed by atoms with Gasteiger partial charge in [0, 0.05) is 31.1 Å². The van der Waals surface area contributed by atoms with Gasteiger partial charge in [0.15, 0.2) is 5.69 Å². The first kappa shape index (κ1) is 15.1. The number of amides is 1. The molecule has 22 heavy (non-hydrogen) atoms. The Hall–Kier alpha value is -1.83. The van der Waals surface area contributed by atoms with Gasteiger partial charge < -0.3 is 14.9 Å². The molecule has 1 atom stereocenters. The lowest BCUT2D eigenvalue weighted by molar-refractivity contribution is -0.132. The van der Waals surface area contributed by atoms with Gasteiger partial charge in [-0.15, -0.1) is 0 Å². The number of aromatic nitrogens is 2. The van der Waals surface area contributed by atoms with Crippen LogP contribution in [0.3, 0.4) is 0 Å². The molecule has 1 amide bonds. The average molecular weight is 322 g/mol. The molecule has 1 N–H and O–H groups in total. The molecule has 8 heteroatoms. The Kier molecular flexibility index (Phi) is 4.47. The van der Waals surface area contributed by atoms with Gasteiger partial charge in [0.05, 0.1) is 12.4 Å². The number of carboxylic acids is 1. The van der Waals surface area contributed by atoms with Crippen molar-refractivity contribution in [2.45, 2.75) is 18.9 Å². The molecule has 1 aromatic heterocycles. The van der Waals surface area contributed by atoms with Crippen molar-refractivity contribution < 1.29 is 14.7 Å². The maximum absolute atomic E-state index is 12.7. The standard InChI is InChI=1S/C14H18N4O3S/c19-13(17-4-6-22-7-5-17)11-2-1-3-18(11)12-9-15-10(8-16-12)14(20)21/h8-9,11H,1-7H2,(H,20,21). The molecular formula is C14H18N4O3S. The van der Waals surface area contributed by atoms with E-state index in [-0.39, 0.29) is 17.6 Å². The van der Waals surface area contributed by atoms with Gasteiger partial charge in [-0.1, -0.05) is 0 Å². The minimum atomic E-state index is -1.10. The van der Waals surface area contributed by atoms with Gasteiger partial charge in [-0.3, -0.25) is 4.79 Å². The molecular weight excluding hydrogens is 304 g/mol. The molecule has 1 unspecified atom stereocenters. The van der Waals surface area contributed by atoms with Crippen molar-refractivity contribution in [2.24, 2.45) is 0 Å². The second-order valence-corrected chi connectivity index (χ2v) is 6.58. The lowest BCUT2D eigenvalue weighted by Crippen LogP contribution is -2.48. The van der Waals surface area contributed by atoms with Gasteiger partial charge in [-0.25, -0.2) is 14.8 Å². The number of hydrogen-bond donors (Lipinski definition) is 1. The van der Waals surface area contributed by atoms with Crippen molar-refractivity contribution >= 4 is 29.5 Å². The molecule has 3 rings (SSSR count). The van der Waals surface area contributed by atoms with Gasteiger partial charge in [0.25, 0.3) is 0 Å². The normalized spacial score (nSPS) is 21.9. The van der Waals surface area contributed by atoms with E-state index in [0.29, 0.717) is 5.82 Å². The lowest BCUT2D eigenvalue weighted by atomic mass is 10.2. The van der Waals surface area contributed by atoms with Crippen LogP contribution in [0, 0.1) is 0 Å². The number of carboxylic acid groups (broad SMARTS) is 1. The van der Waals surface area contributed by atoms with Crippen LogP contribution < -0.4 is 4.90 Å². The van der Waals surface area contributed by atoms with E-state index in [1.165, 1.54) is 12.4 Å². The van der Waals surface area contributed by atoms with E-state index in [1.807, 2.05) is 21.6 Å². The highest BCUT2D eigenvalue weighted by Crippen LogP contribution is 2.25. The molecule has 0 aromatic carbocycles. The lowest BCUT2D eigenvalue weighted by Gasteiger charge is -2.32. The maximum atomic E-state index is 12.7. The topological polar surface area (TPSA) is 86.6 Å². The van der Waals surface area contributed by atoms with Crippen LogP contribution in [0.25, 0.3) is 0 Å². The monoisotopic (exact) mass is 322 g/mol. The van der Waals surface area contributed by atoms with Crippen molar-refractivity contribution in [3.63, 3.8) is 0 Å². The van der Waals surface area contributed by atoms with Crippen LogP contribution in [0.1, 0.15) is 23.3 Å². The molecule has 7 nitrogen and oxygen atoms in total. The maximum Gasteiger partial charge on any atom is 0.356 e. The third-order valence-corrected chi connectivity index (χ3v) is 4.95. The van der Waals surface area contributed by atoms with Gasteiger partial charge in [-0.2, -0.15) is 11.8 Å². The SMILES string of the molecule is O=C(O)c1cnc(N2CCCC2C(=O)N2CCSCC2)cn1. The molecule has 2 saturated heterocycles. The summed E-state index contributed by atoms with van der Waals surface area (Å²) in [7, 11) is 0. The smallest absolute Gasteiger partial charge is 0.356 e. The number of rotatable bonds is 3. The Labute approximate surface area is 132 Å². The zero-order valence-electron chi connectivity index (χ0n) is 12.1. The van der Waals surface area contributed by atoms with Crippen molar-refractivity contribution in [1.82, 2.24) is 14.9 Å². The number of anilines is 1. The van der Waals surface area contributed by atoms with Crippen molar-refractivity contribution in [2.75, 3.05) is 36.0 Å². The summed E-state index contributed by atoms with van der Waals surface area (Å²) < 4.78 is 0. The fourth-order valence-electron chi connectivity index (χ4n) is 2.87. The van der Waals surface area contributed by atoms with Crippen LogP contribution in [0.5, 0.6) is 0 Å². The second-order valence-electron chi connectivity index (χ2n) is 5.35. The van der Waals surface area contributed by atoms with Gasteiger partial charge in [-0.05, 0) is 12.8 Å². The third-order valence-electron chi connectivity index (χ3n) is 4.01. The highest BCUT2D eigenvalue weighted by molar-refractivity contribution is 7.99. The van der Waals surface area contributed by atoms with E-state index in [2.05, 4.69) is 9.97 Å². The first-order valence-electron chi connectivity index (χ1n) is 7.35. The number of hydrogen-bond acceptors (Lipinski definition) is 6. The minimum absolute atomic E-state index is 0.0844. The number of aromatic carboxylic acids is 1. The fourth-order valence-corrected chi connectivity index (χ4v) is 3.78. The molecule has 3 heterocycles. The van der Waals surface area contributed by atoms with Crippen LogP contribution in [0.4, 0.5) is 5.82 Å². The Morgan fingerprint density at radius 1 is 1.18 bits per heavy atom. The summed E-state index contributed by atoms with van der Waals surface area (Å²) in [6.45, 7) is 2.36. The third kappa shape index (κ3) is 3.01. The highest BCUT2D eigenvalue weighted by atomic mass is 32.2. The van der Waals surface area contributed by atoms with Crippen molar-refractivity contribution in [3.8, 4) is 0 Å².